The third-order valence-electron chi connectivity index (χ3n) is 6.26. The van der Waals surface area contributed by atoms with Crippen molar-refractivity contribution in [2.75, 3.05) is 13.7 Å². The first-order chi connectivity index (χ1) is 15.0. The Morgan fingerprint density at radius 1 is 1.13 bits per heavy atom. The van der Waals surface area contributed by atoms with Crippen LogP contribution in [0, 0.1) is 13.8 Å². The largest absolute Gasteiger partial charge is 0.493 e. The van der Waals surface area contributed by atoms with Crippen molar-refractivity contribution in [3.05, 3.63) is 76.7 Å². The maximum Gasteiger partial charge on any atom is 0.251 e. The van der Waals surface area contributed by atoms with Crippen LogP contribution in [0.4, 0.5) is 0 Å². The van der Waals surface area contributed by atoms with E-state index in [0.29, 0.717) is 30.2 Å². The minimum atomic E-state index is -0.113. The van der Waals surface area contributed by atoms with E-state index in [0.717, 1.165) is 29.9 Å². The molecule has 1 saturated carbocycles. The lowest BCUT2D eigenvalue weighted by molar-refractivity contribution is 0.0927. The molecule has 6 heteroatoms. The molecule has 1 aromatic heterocycles. The van der Waals surface area contributed by atoms with Crippen LogP contribution in [0.5, 0.6) is 11.5 Å². The standard InChI is InChI=1S/C25H28N2O4/c1-17-21(18(2)31-27-17)15-30-22-11-10-19(14-23(22)29-3)24(28)26-16-25(12-7-13-25)20-8-5-4-6-9-20/h4-6,8-11,14H,7,12-13,15-16H2,1-3H3,(H,26,28). The van der Waals surface area contributed by atoms with Gasteiger partial charge >= 0.3 is 0 Å². The first kappa shape index (κ1) is 21.0. The van der Waals surface area contributed by atoms with E-state index in [4.69, 9.17) is 14.0 Å². The Labute approximate surface area is 182 Å². The molecule has 0 atom stereocenters. The van der Waals surface area contributed by atoms with E-state index in [1.165, 1.54) is 12.0 Å². The van der Waals surface area contributed by atoms with E-state index in [1.54, 1.807) is 25.3 Å². The summed E-state index contributed by atoms with van der Waals surface area (Å²) in [7, 11) is 1.57. The Morgan fingerprint density at radius 3 is 2.52 bits per heavy atom. The van der Waals surface area contributed by atoms with Gasteiger partial charge in [-0.15, -0.1) is 0 Å². The van der Waals surface area contributed by atoms with E-state index in [2.05, 4.69) is 34.7 Å². The van der Waals surface area contributed by atoms with Gasteiger partial charge in [0.05, 0.1) is 18.4 Å². The van der Waals surface area contributed by atoms with Crippen molar-refractivity contribution in [3.63, 3.8) is 0 Å². The molecule has 0 radical (unpaired) electrons. The van der Waals surface area contributed by atoms with E-state index in [1.807, 2.05) is 19.9 Å². The summed E-state index contributed by atoms with van der Waals surface area (Å²) in [5.41, 5.74) is 3.59. The highest BCUT2D eigenvalue weighted by Crippen LogP contribution is 2.43. The van der Waals surface area contributed by atoms with Gasteiger partial charge in [-0.2, -0.15) is 0 Å². The number of nitrogens with zero attached hydrogens (tertiary/aromatic N) is 1. The highest BCUT2D eigenvalue weighted by molar-refractivity contribution is 5.95. The number of amides is 1. The van der Waals surface area contributed by atoms with Gasteiger partial charge in [0.2, 0.25) is 0 Å². The zero-order chi connectivity index (χ0) is 21.8. The predicted molar refractivity (Wildman–Crippen MR) is 118 cm³/mol. The van der Waals surface area contributed by atoms with E-state index in [9.17, 15) is 4.79 Å². The smallest absolute Gasteiger partial charge is 0.251 e. The van der Waals surface area contributed by atoms with Crippen molar-refractivity contribution in [2.45, 2.75) is 45.1 Å². The van der Waals surface area contributed by atoms with Crippen LogP contribution >= 0.6 is 0 Å². The number of hydrogen-bond acceptors (Lipinski definition) is 5. The molecule has 0 aliphatic heterocycles. The summed E-state index contributed by atoms with van der Waals surface area (Å²) in [4.78, 5) is 12.8. The number of methoxy groups -OCH3 is 1. The van der Waals surface area contributed by atoms with Crippen molar-refractivity contribution < 1.29 is 18.8 Å². The van der Waals surface area contributed by atoms with Gasteiger partial charge in [-0.3, -0.25) is 4.79 Å². The number of hydrogen-bond donors (Lipinski definition) is 1. The molecule has 1 fully saturated rings. The van der Waals surface area contributed by atoms with Gasteiger partial charge in [-0.1, -0.05) is 41.9 Å². The topological polar surface area (TPSA) is 73.6 Å². The second-order valence-electron chi connectivity index (χ2n) is 8.14. The highest BCUT2D eigenvalue weighted by Gasteiger charge is 2.38. The number of ether oxygens (including phenoxy) is 2. The van der Waals surface area contributed by atoms with Crippen LogP contribution in [0.25, 0.3) is 0 Å². The molecule has 2 aromatic carbocycles. The summed E-state index contributed by atoms with van der Waals surface area (Å²) in [6.45, 7) is 4.68. The van der Waals surface area contributed by atoms with Crippen molar-refractivity contribution in [2.24, 2.45) is 0 Å². The van der Waals surface area contributed by atoms with E-state index >= 15 is 0 Å². The van der Waals surface area contributed by atoms with Crippen LogP contribution in [0.2, 0.25) is 0 Å². The highest BCUT2D eigenvalue weighted by atomic mass is 16.5. The molecule has 4 rings (SSSR count). The fourth-order valence-corrected chi connectivity index (χ4v) is 4.10. The molecule has 0 unspecified atom stereocenters. The van der Waals surface area contributed by atoms with Crippen LogP contribution in [0.3, 0.4) is 0 Å². The van der Waals surface area contributed by atoms with E-state index < -0.39 is 0 Å². The van der Waals surface area contributed by atoms with Crippen LogP contribution in [-0.2, 0) is 12.0 Å². The number of carbonyl (C=O) groups excluding carboxylic acids is 1. The first-order valence-electron chi connectivity index (χ1n) is 10.6. The Morgan fingerprint density at radius 2 is 1.90 bits per heavy atom. The third kappa shape index (κ3) is 4.29. The number of aryl methyl sites for hydroxylation is 2. The van der Waals surface area contributed by atoms with Gasteiger partial charge in [0.25, 0.3) is 5.91 Å². The molecular formula is C25H28N2O4. The molecule has 1 aliphatic rings. The minimum Gasteiger partial charge on any atom is -0.493 e. The average Bonchev–Trinajstić information content (AvgIpc) is 3.09. The monoisotopic (exact) mass is 420 g/mol. The van der Waals surface area contributed by atoms with Gasteiger partial charge in [0.15, 0.2) is 11.5 Å². The normalized spacial score (nSPS) is 14.5. The van der Waals surface area contributed by atoms with E-state index in [-0.39, 0.29) is 11.3 Å². The number of carbonyl (C=O) groups is 1. The van der Waals surface area contributed by atoms with Crippen LogP contribution in [0.15, 0.2) is 53.1 Å². The third-order valence-corrected chi connectivity index (χ3v) is 6.26. The summed E-state index contributed by atoms with van der Waals surface area (Å²) in [6.07, 6.45) is 3.37. The predicted octanol–water partition coefficient (Wildman–Crippen LogP) is 4.73. The first-order valence-corrected chi connectivity index (χ1v) is 10.6. The van der Waals surface area contributed by atoms with Gasteiger partial charge in [-0.05, 0) is 50.5 Å². The fraction of sp³-hybridized carbons (Fsp3) is 0.360. The summed E-state index contributed by atoms with van der Waals surface area (Å²) < 4.78 is 16.6. The van der Waals surface area contributed by atoms with Gasteiger partial charge in [0, 0.05) is 17.5 Å². The van der Waals surface area contributed by atoms with Crippen LogP contribution in [-0.4, -0.2) is 24.7 Å². The number of aromatic nitrogens is 1. The number of nitrogens with one attached hydrogen (secondary N) is 1. The molecule has 0 saturated heterocycles. The van der Waals surface area contributed by atoms with Crippen molar-refractivity contribution >= 4 is 5.91 Å². The Hall–Kier alpha value is -3.28. The second kappa shape index (κ2) is 8.84. The van der Waals surface area contributed by atoms with Crippen molar-refractivity contribution in [3.8, 4) is 11.5 Å². The molecule has 0 spiro atoms. The lowest BCUT2D eigenvalue weighted by Crippen LogP contribution is -2.45. The molecule has 1 aliphatic carbocycles. The van der Waals surface area contributed by atoms with Crippen LogP contribution < -0.4 is 14.8 Å². The number of rotatable bonds is 8. The number of benzene rings is 2. The molecule has 6 nitrogen and oxygen atoms in total. The quantitative estimate of drug-likeness (QED) is 0.570. The molecule has 1 N–H and O–H groups in total. The zero-order valence-electron chi connectivity index (χ0n) is 18.2. The summed E-state index contributed by atoms with van der Waals surface area (Å²) >= 11 is 0. The lowest BCUT2D eigenvalue weighted by atomic mass is 9.64. The van der Waals surface area contributed by atoms with Gasteiger partial charge < -0.3 is 19.3 Å². The Balaban J connectivity index is 1.43. The molecule has 3 aromatic rings. The molecular weight excluding hydrogens is 392 g/mol. The Kier molecular flexibility index (Phi) is 5.98. The second-order valence-corrected chi connectivity index (χ2v) is 8.14. The van der Waals surface area contributed by atoms with Crippen molar-refractivity contribution in [1.82, 2.24) is 10.5 Å². The fourth-order valence-electron chi connectivity index (χ4n) is 4.10. The van der Waals surface area contributed by atoms with Gasteiger partial charge in [-0.25, -0.2) is 0 Å². The zero-order valence-corrected chi connectivity index (χ0v) is 18.2. The maximum atomic E-state index is 12.8. The van der Waals surface area contributed by atoms with Crippen LogP contribution in [0.1, 0.15) is 52.2 Å². The molecule has 1 heterocycles. The molecule has 31 heavy (non-hydrogen) atoms. The maximum absolute atomic E-state index is 12.8. The van der Waals surface area contributed by atoms with Crippen molar-refractivity contribution in [1.29, 1.82) is 0 Å². The average molecular weight is 421 g/mol. The minimum absolute atomic E-state index is 0.0401. The van der Waals surface area contributed by atoms with Gasteiger partial charge in [0.1, 0.15) is 12.4 Å². The summed E-state index contributed by atoms with van der Waals surface area (Å²) in [5.74, 6) is 1.70. The molecule has 1 amide bonds. The summed E-state index contributed by atoms with van der Waals surface area (Å²) in [6, 6.07) is 15.7. The Bertz CT molecular complexity index is 1040. The SMILES string of the molecule is COc1cc(C(=O)NCC2(c3ccccc3)CCC2)ccc1OCc1c(C)noc1C. The lowest BCUT2D eigenvalue weighted by Gasteiger charge is -2.42. The molecule has 0 bridgehead atoms. The molecule has 162 valence electrons. The summed E-state index contributed by atoms with van der Waals surface area (Å²) in [5, 5.41) is 7.07.